The molecule has 1 aromatic carbocycles. The number of nitrogens with one attached hydrogen (secondary N) is 1. The predicted octanol–water partition coefficient (Wildman–Crippen LogP) is 0.533. The van der Waals surface area contributed by atoms with Crippen LogP contribution < -0.4 is 14.7 Å². The number of rotatable bonds is 10. The van der Waals surface area contributed by atoms with Crippen LogP contribution in [-0.4, -0.2) is 32.2 Å². The summed E-state index contributed by atoms with van der Waals surface area (Å²) in [6.07, 6.45) is 4.89. The molecule has 0 fully saturated rings. The molecule has 116 valence electrons. The average Bonchev–Trinajstić information content (AvgIpc) is 2.46. The van der Waals surface area contributed by atoms with Crippen molar-refractivity contribution in [2.45, 2.75) is 26.7 Å². The Morgan fingerprint density at radius 3 is 2.57 bits per heavy atom. The number of hydrogen-bond acceptors (Lipinski definition) is 3. The highest BCUT2D eigenvalue weighted by Gasteiger charge is 2.06. The van der Waals surface area contributed by atoms with Gasteiger partial charge >= 0.3 is 0 Å². The molecular weight excluding hydrogens is 266 g/mol. The molecule has 0 saturated heterocycles. The maximum absolute atomic E-state index is 10.4. The van der Waals surface area contributed by atoms with Crippen LogP contribution in [0.3, 0.4) is 0 Å². The molecular formula is C17H25NO3. The van der Waals surface area contributed by atoms with Crippen LogP contribution in [0.1, 0.15) is 32.3 Å². The van der Waals surface area contributed by atoms with Gasteiger partial charge in [-0.1, -0.05) is 32.1 Å². The number of carbonyl (C=O) groups is 1. The smallest absolute Gasteiger partial charge is 0.137 e. The van der Waals surface area contributed by atoms with Crippen LogP contribution in [0.2, 0.25) is 0 Å². The fourth-order valence-electron chi connectivity index (χ4n) is 2.27. The number of carboxylic acids is 1. The maximum atomic E-state index is 10.4. The highest BCUT2D eigenvalue weighted by atomic mass is 16.5. The topological polar surface area (TPSA) is 53.8 Å². The molecule has 21 heavy (non-hydrogen) atoms. The molecule has 0 aromatic heterocycles. The summed E-state index contributed by atoms with van der Waals surface area (Å²) in [7, 11) is 0. The average molecular weight is 291 g/mol. The number of aliphatic carboxylic acids is 1. The van der Waals surface area contributed by atoms with E-state index in [9.17, 15) is 9.90 Å². The Morgan fingerprint density at radius 2 is 1.95 bits per heavy atom. The van der Waals surface area contributed by atoms with Gasteiger partial charge in [0.15, 0.2) is 0 Å². The summed E-state index contributed by atoms with van der Waals surface area (Å²) in [6, 6.07) is 7.40. The van der Waals surface area contributed by atoms with Crippen molar-refractivity contribution in [2.75, 3.05) is 26.2 Å². The first kappa shape index (κ1) is 17.2. The highest BCUT2D eigenvalue weighted by Crippen LogP contribution is 2.14. The molecule has 0 spiro atoms. The lowest BCUT2D eigenvalue weighted by Crippen LogP contribution is -3.12. The lowest BCUT2D eigenvalue weighted by atomic mass is 10.2. The van der Waals surface area contributed by atoms with Crippen LogP contribution >= 0.6 is 0 Å². The largest absolute Gasteiger partial charge is 0.545 e. The second-order valence-electron chi connectivity index (χ2n) is 5.07. The molecule has 0 saturated carbocycles. The zero-order valence-electron chi connectivity index (χ0n) is 12.9. The van der Waals surface area contributed by atoms with E-state index in [1.165, 1.54) is 32.0 Å². The summed E-state index contributed by atoms with van der Waals surface area (Å²) in [4.78, 5) is 12.0. The van der Waals surface area contributed by atoms with E-state index in [4.69, 9.17) is 4.74 Å². The summed E-state index contributed by atoms with van der Waals surface area (Å²) in [6.45, 7) is 8.40. The quantitative estimate of drug-likeness (QED) is 0.640. The third-order valence-electron chi connectivity index (χ3n) is 3.20. The number of benzene rings is 1. The first-order valence-corrected chi connectivity index (χ1v) is 7.61. The number of ether oxygens (including phenoxy) is 1. The fourth-order valence-corrected chi connectivity index (χ4v) is 2.27. The van der Waals surface area contributed by atoms with Crippen molar-refractivity contribution >= 4 is 12.0 Å². The molecule has 0 radical (unpaired) electrons. The van der Waals surface area contributed by atoms with Gasteiger partial charge < -0.3 is 19.5 Å². The van der Waals surface area contributed by atoms with E-state index in [0.29, 0.717) is 6.61 Å². The van der Waals surface area contributed by atoms with Gasteiger partial charge in [-0.15, -0.1) is 0 Å². The second kappa shape index (κ2) is 10.00. The van der Waals surface area contributed by atoms with Gasteiger partial charge in [-0.2, -0.15) is 0 Å². The first-order chi connectivity index (χ1) is 10.2. The minimum atomic E-state index is -1.19. The Labute approximate surface area is 127 Å². The van der Waals surface area contributed by atoms with Gasteiger partial charge in [-0.05, 0) is 36.6 Å². The maximum Gasteiger partial charge on any atom is 0.137 e. The van der Waals surface area contributed by atoms with E-state index in [1.807, 2.05) is 24.3 Å². The van der Waals surface area contributed by atoms with Gasteiger partial charge in [0.25, 0.3) is 0 Å². The van der Waals surface area contributed by atoms with Gasteiger partial charge in [0, 0.05) is 0 Å². The molecule has 0 unspecified atom stereocenters. The molecule has 0 aliphatic rings. The van der Waals surface area contributed by atoms with Crippen LogP contribution in [-0.2, 0) is 4.79 Å². The van der Waals surface area contributed by atoms with Crippen LogP contribution in [0, 0.1) is 0 Å². The fraction of sp³-hybridized carbons (Fsp3) is 0.471. The standard InChI is InChI=1S/C17H25NO3/c1-3-10-18(11-4-2)12-13-21-16-7-5-6-15(14-16)8-9-17(19)20/h5-9,14H,3-4,10-13H2,1-2H3,(H,19,20)/b9-8+. The monoisotopic (exact) mass is 291 g/mol. The van der Waals surface area contributed by atoms with Crippen LogP contribution in [0.15, 0.2) is 30.3 Å². The number of carboxylic acid groups (broad SMARTS) is 1. The zero-order chi connectivity index (χ0) is 15.5. The highest BCUT2D eigenvalue weighted by molar-refractivity contribution is 5.83. The van der Waals surface area contributed by atoms with E-state index in [0.717, 1.165) is 23.9 Å². The lowest BCUT2D eigenvalue weighted by molar-refractivity contribution is -0.900. The molecule has 0 aliphatic heterocycles. The molecule has 0 amide bonds. The molecule has 1 rings (SSSR count). The Bertz CT molecular complexity index is 451. The van der Waals surface area contributed by atoms with Crippen molar-refractivity contribution in [3.8, 4) is 5.75 Å². The van der Waals surface area contributed by atoms with Crippen molar-refractivity contribution in [3.63, 3.8) is 0 Å². The summed E-state index contributed by atoms with van der Waals surface area (Å²) in [5, 5.41) is 10.4. The number of hydrogen-bond donors (Lipinski definition) is 1. The van der Waals surface area contributed by atoms with Gasteiger partial charge in [-0.3, -0.25) is 0 Å². The Kier molecular flexibility index (Phi) is 8.21. The molecule has 4 heteroatoms. The van der Waals surface area contributed by atoms with Crippen LogP contribution in [0.4, 0.5) is 0 Å². The molecule has 0 aliphatic carbocycles. The van der Waals surface area contributed by atoms with Crippen molar-refractivity contribution in [1.29, 1.82) is 0 Å². The summed E-state index contributed by atoms with van der Waals surface area (Å²) < 4.78 is 5.76. The van der Waals surface area contributed by atoms with E-state index in [1.54, 1.807) is 4.90 Å². The molecule has 0 heterocycles. The van der Waals surface area contributed by atoms with Gasteiger partial charge in [0.2, 0.25) is 0 Å². The molecule has 4 nitrogen and oxygen atoms in total. The summed E-state index contributed by atoms with van der Waals surface area (Å²) >= 11 is 0. The first-order valence-electron chi connectivity index (χ1n) is 7.61. The zero-order valence-corrected chi connectivity index (χ0v) is 12.9. The third kappa shape index (κ3) is 7.51. The van der Waals surface area contributed by atoms with Gasteiger partial charge in [-0.25, -0.2) is 0 Å². The van der Waals surface area contributed by atoms with E-state index >= 15 is 0 Å². The number of carbonyl (C=O) groups excluding carboxylic acids is 1. The van der Waals surface area contributed by atoms with Gasteiger partial charge in [0.05, 0.1) is 19.1 Å². The van der Waals surface area contributed by atoms with Crippen molar-refractivity contribution in [2.24, 2.45) is 0 Å². The van der Waals surface area contributed by atoms with Gasteiger partial charge in [0.1, 0.15) is 18.9 Å². The van der Waals surface area contributed by atoms with Crippen molar-refractivity contribution in [1.82, 2.24) is 0 Å². The normalized spacial score (nSPS) is 11.2. The van der Waals surface area contributed by atoms with Crippen molar-refractivity contribution < 1.29 is 19.5 Å². The summed E-state index contributed by atoms with van der Waals surface area (Å²) in [5.41, 5.74) is 0.794. The predicted molar refractivity (Wildman–Crippen MR) is 82.1 cm³/mol. The Balaban J connectivity index is 2.47. The third-order valence-corrected chi connectivity index (χ3v) is 3.20. The molecule has 0 atom stereocenters. The molecule has 1 N–H and O–H groups in total. The second-order valence-corrected chi connectivity index (χ2v) is 5.07. The van der Waals surface area contributed by atoms with E-state index in [2.05, 4.69) is 13.8 Å². The minimum Gasteiger partial charge on any atom is -0.545 e. The van der Waals surface area contributed by atoms with Crippen LogP contribution in [0.5, 0.6) is 5.75 Å². The van der Waals surface area contributed by atoms with E-state index < -0.39 is 5.97 Å². The van der Waals surface area contributed by atoms with Crippen molar-refractivity contribution in [3.05, 3.63) is 35.9 Å². The Morgan fingerprint density at radius 1 is 1.24 bits per heavy atom. The number of quaternary nitrogens is 1. The molecule has 1 aromatic rings. The molecule has 0 bridgehead atoms. The Hall–Kier alpha value is -1.81. The minimum absolute atomic E-state index is 0.670. The van der Waals surface area contributed by atoms with Crippen LogP contribution in [0.25, 0.3) is 6.08 Å². The SMILES string of the molecule is CCC[NH+](CCC)CCOc1cccc(/C=C/C(=O)[O-])c1. The summed E-state index contributed by atoms with van der Waals surface area (Å²) in [5.74, 6) is -0.428. The lowest BCUT2D eigenvalue weighted by Gasteiger charge is -2.18. The van der Waals surface area contributed by atoms with E-state index in [-0.39, 0.29) is 0 Å².